The van der Waals surface area contributed by atoms with Crippen LogP contribution in [0, 0.1) is 6.92 Å². The van der Waals surface area contributed by atoms with Gasteiger partial charge in [0.05, 0.1) is 30.0 Å². The van der Waals surface area contributed by atoms with Crippen molar-refractivity contribution >= 4 is 33.0 Å². The van der Waals surface area contributed by atoms with Gasteiger partial charge in [-0.2, -0.15) is 0 Å². The van der Waals surface area contributed by atoms with Gasteiger partial charge >= 0.3 is 0 Å². The quantitative estimate of drug-likeness (QED) is 0.931. The normalized spacial score (nSPS) is 10.3. The van der Waals surface area contributed by atoms with E-state index in [1.807, 2.05) is 25.1 Å². The predicted molar refractivity (Wildman–Crippen MR) is 74.9 cm³/mol. The second kappa shape index (κ2) is 5.51. The first-order chi connectivity index (χ1) is 8.19. The largest absolute Gasteiger partial charge is 0.495 e. The van der Waals surface area contributed by atoms with Crippen LogP contribution in [0.15, 0.2) is 28.1 Å². The van der Waals surface area contributed by atoms with Crippen molar-refractivity contribution in [2.24, 2.45) is 0 Å². The molecule has 0 aliphatic rings. The van der Waals surface area contributed by atoms with Crippen molar-refractivity contribution in [2.75, 3.05) is 12.4 Å². The standard InChI is InChI=1S/C12H13BrN2OS/c1-8-15-10(7-17-8)6-14-11-5-9(13)3-4-12(11)16-2/h3-5,7,14H,6H2,1-2H3. The van der Waals surface area contributed by atoms with E-state index in [9.17, 15) is 0 Å². The van der Waals surface area contributed by atoms with Crippen LogP contribution in [-0.4, -0.2) is 12.1 Å². The molecular formula is C12H13BrN2OS. The summed E-state index contributed by atoms with van der Waals surface area (Å²) in [6.45, 7) is 2.71. The van der Waals surface area contributed by atoms with E-state index in [1.54, 1.807) is 18.4 Å². The number of ether oxygens (including phenoxy) is 1. The Bertz CT molecular complexity index is 513. The lowest BCUT2D eigenvalue weighted by Gasteiger charge is -2.10. The zero-order chi connectivity index (χ0) is 12.3. The lowest BCUT2D eigenvalue weighted by atomic mass is 10.3. The van der Waals surface area contributed by atoms with E-state index in [-0.39, 0.29) is 0 Å². The van der Waals surface area contributed by atoms with Gasteiger partial charge in [0.15, 0.2) is 0 Å². The molecule has 2 rings (SSSR count). The summed E-state index contributed by atoms with van der Waals surface area (Å²) in [6, 6.07) is 5.88. The third-order valence-electron chi connectivity index (χ3n) is 2.29. The molecule has 0 bridgehead atoms. The molecule has 17 heavy (non-hydrogen) atoms. The van der Waals surface area contributed by atoms with Gasteiger partial charge in [-0.1, -0.05) is 15.9 Å². The van der Waals surface area contributed by atoms with Gasteiger partial charge in [0.2, 0.25) is 0 Å². The highest BCUT2D eigenvalue weighted by atomic mass is 79.9. The number of nitrogens with zero attached hydrogens (tertiary/aromatic N) is 1. The number of thiazole rings is 1. The van der Waals surface area contributed by atoms with Crippen LogP contribution in [0.4, 0.5) is 5.69 Å². The molecule has 0 radical (unpaired) electrons. The Morgan fingerprint density at radius 1 is 1.47 bits per heavy atom. The number of halogens is 1. The molecule has 0 fully saturated rings. The van der Waals surface area contributed by atoms with Crippen molar-refractivity contribution in [3.63, 3.8) is 0 Å². The number of aromatic nitrogens is 1. The average molecular weight is 313 g/mol. The number of anilines is 1. The third kappa shape index (κ3) is 3.20. The van der Waals surface area contributed by atoms with Crippen molar-refractivity contribution in [1.29, 1.82) is 0 Å². The molecule has 0 saturated carbocycles. The minimum Gasteiger partial charge on any atom is -0.495 e. The molecule has 90 valence electrons. The SMILES string of the molecule is COc1ccc(Br)cc1NCc1csc(C)n1. The molecule has 0 amide bonds. The molecule has 1 heterocycles. The Balaban J connectivity index is 2.10. The van der Waals surface area contributed by atoms with Crippen LogP contribution in [0.3, 0.4) is 0 Å². The molecule has 0 aliphatic heterocycles. The lowest BCUT2D eigenvalue weighted by molar-refractivity contribution is 0.416. The van der Waals surface area contributed by atoms with E-state index < -0.39 is 0 Å². The molecule has 0 unspecified atom stereocenters. The maximum Gasteiger partial charge on any atom is 0.142 e. The van der Waals surface area contributed by atoms with Gasteiger partial charge in [-0.25, -0.2) is 4.98 Å². The third-order valence-corrected chi connectivity index (χ3v) is 3.60. The topological polar surface area (TPSA) is 34.1 Å². The minimum absolute atomic E-state index is 0.706. The van der Waals surface area contributed by atoms with Crippen LogP contribution in [0.1, 0.15) is 10.7 Å². The van der Waals surface area contributed by atoms with Gasteiger partial charge in [-0.05, 0) is 25.1 Å². The van der Waals surface area contributed by atoms with Gasteiger partial charge < -0.3 is 10.1 Å². The molecule has 5 heteroatoms. The van der Waals surface area contributed by atoms with Crippen LogP contribution < -0.4 is 10.1 Å². The molecule has 3 nitrogen and oxygen atoms in total. The van der Waals surface area contributed by atoms with Crippen LogP contribution in [0.5, 0.6) is 5.75 Å². The van der Waals surface area contributed by atoms with Crippen molar-refractivity contribution in [3.8, 4) is 5.75 Å². The summed E-state index contributed by atoms with van der Waals surface area (Å²) in [5.41, 5.74) is 2.02. The lowest BCUT2D eigenvalue weighted by Crippen LogP contribution is -2.01. The molecule has 1 aromatic carbocycles. The Labute approximate surface area is 113 Å². The zero-order valence-electron chi connectivity index (χ0n) is 9.66. The van der Waals surface area contributed by atoms with E-state index in [2.05, 4.69) is 31.6 Å². The summed E-state index contributed by atoms with van der Waals surface area (Å²) >= 11 is 5.11. The maximum atomic E-state index is 5.29. The fourth-order valence-corrected chi connectivity index (χ4v) is 2.47. The van der Waals surface area contributed by atoms with Gasteiger partial charge in [0.25, 0.3) is 0 Å². The first-order valence-corrected chi connectivity index (χ1v) is 6.84. The minimum atomic E-state index is 0.706. The summed E-state index contributed by atoms with van der Waals surface area (Å²) in [5, 5.41) is 6.47. The Kier molecular flexibility index (Phi) is 4.02. The van der Waals surface area contributed by atoms with E-state index in [0.717, 1.165) is 26.6 Å². The monoisotopic (exact) mass is 312 g/mol. The van der Waals surface area contributed by atoms with Gasteiger partial charge in [0.1, 0.15) is 5.75 Å². The maximum absolute atomic E-state index is 5.29. The molecule has 0 atom stereocenters. The van der Waals surface area contributed by atoms with Crippen LogP contribution in [0.25, 0.3) is 0 Å². The number of benzene rings is 1. The molecular weight excluding hydrogens is 300 g/mol. The molecule has 1 aromatic heterocycles. The van der Waals surface area contributed by atoms with Gasteiger partial charge in [0, 0.05) is 9.85 Å². The summed E-state index contributed by atoms with van der Waals surface area (Å²) in [5.74, 6) is 0.833. The second-order valence-electron chi connectivity index (χ2n) is 3.56. The molecule has 2 aromatic rings. The van der Waals surface area contributed by atoms with E-state index in [4.69, 9.17) is 4.74 Å². The summed E-state index contributed by atoms with van der Waals surface area (Å²) in [6.07, 6.45) is 0. The predicted octanol–water partition coefficient (Wildman–Crippen LogP) is 3.83. The van der Waals surface area contributed by atoms with Crippen LogP contribution >= 0.6 is 27.3 Å². The average Bonchev–Trinajstić information content (AvgIpc) is 2.73. The Morgan fingerprint density at radius 3 is 2.94 bits per heavy atom. The fraction of sp³-hybridized carbons (Fsp3) is 0.250. The second-order valence-corrected chi connectivity index (χ2v) is 5.53. The van der Waals surface area contributed by atoms with Gasteiger partial charge in [-0.3, -0.25) is 0 Å². The summed E-state index contributed by atoms with van der Waals surface area (Å²) in [4.78, 5) is 4.41. The van der Waals surface area contributed by atoms with Crippen molar-refractivity contribution in [1.82, 2.24) is 4.98 Å². The highest BCUT2D eigenvalue weighted by Crippen LogP contribution is 2.28. The molecule has 0 spiro atoms. The zero-order valence-corrected chi connectivity index (χ0v) is 12.1. The highest BCUT2D eigenvalue weighted by Gasteiger charge is 2.04. The molecule has 0 aliphatic carbocycles. The number of rotatable bonds is 4. The molecule has 0 saturated heterocycles. The first-order valence-electron chi connectivity index (χ1n) is 5.17. The number of aryl methyl sites for hydroxylation is 1. The van der Waals surface area contributed by atoms with Crippen molar-refractivity contribution in [2.45, 2.75) is 13.5 Å². The number of hydrogen-bond acceptors (Lipinski definition) is 4. The fourth-order valence-electron chi connectivity index (χ4n) is 1.49. The Morgan fingerprint density at radius 2 is 2.29 bits per heavy atom. The number of hydrogen-bond donors (Lipinski definition) is 1. The highest BCUT2D eigenvalue weighted by molar-refractivity contribution is 9.10. The van der Waals surface area contributed by atoms with Crippen LogP contribution in [-0.2, 0) is 6.54 Å². The Hall–Kier alpha value is -1.07. The summed E-state index contributed by atoms with van der Waals surface area (Å²) < 4.78 is 6.32. The van der Waals surface area contributed by atoms with E-state index >= 15 is 0 Å². The number of methoxy groups -OCH3 is 1. The van der Waals surface area contributed by atoms with E-state index in [1.165, 1.54) is 0 Å². The smallest absolute Gasteiger partial charge is 0.142 e. The van der Waals surface area contributed by atoms with Crippen molar-refractivity contribution in [3.05, 3.63) is 38.8 Å². The first kappa shape index (κ1) is 12.4. The van der Waals surface area contributed by atoms with Crippen LogP contribution in [0.2, 0.25) is 0 Å². The number of nitrogens with one attached hydrogen (secondary N) is 1. The summed E-state index contributed by atoms with van der Waals surface area (Å²) in [7, 11) is 1.67. The molecule has 1 N–H and O–H groups in total. The van der Waals surface area contributed by atoms with E-state index in [0.29, 0.717) is 6.54 Å². The van der Waals surface area contributed by atoms with Gasteiger partial charge in [-0.15, -0.1) is 11.3 Å². The van der Waals surface area contributed by atoms with Crippen molar-refractivity contribution < 1.29 is 4.74 Å².